The highest BCUT2D eigenvalue weighted by Gasteiger charge is 2.60. The van der Waals surface area contributed by atoms with Gasteiger partial charge in [0.25, 0.3) is 0 Å². The van der Waals surface area contributed by atoms with Crippen LogP contribution in [0.15, 0.2) is 23.7 Å². The van der Waals surface area contributed by atoms with E-state index in [1.807, 2.05) is 5.38 Å². The van der Waals surface area contributed by atoms with Crippen molar-refractivity contribution in [3.8, 4) is 0 Å². The van der Waals surface area contributed by atoms with Gasteiger partial charge in [-0.25, -0.2) is 4.98 Å². The van der Waals surface area contributed by atoms with E-state index < -0.39 is 0 Å². The second-order valence-corrected chi connectivity index (χ2v) is 6.91. The third-order valence-electron chi connectivity index (χ3n) is 4.98. The van der Waals surface area contributed by atoms with Gasteiger partial charge in [0.05, 0.1) is 5.41 Å². The molecule has 96 valence electrons. The molecule has 2 fully saturated rings. The second kappa shape index (κ2) is 3.67. The van der Waals surface area contributed by atoms with Gasteiger partial charge in [-0.1, -0.05) is 26.0 Å². The molecule has 1 aromatic heterocycles. The van der Waals surface area contributed by atoms with Gasteiger partial charge >= 0.3 is 0 Å². The van der Waals surface area contributed by atoms with Crippen molar-refractivity contribution < 1.29 is 4.79 Å². The van der Waals surface area contributed by atoms with Gasteiger partial charge in [0.2, 0.25) is 5.91 Å². The quantitative estimate of drug-likeness (QED) is 0.829. The molecule has 0 aromatic carbocycles. The highest BCUT2D eigenvalue weighted by atomic mass is 32.1. The Hall–Kier alpha value is -1.16. The molecular weight excluding hydrogens is 244 g/mol. The Morgan fingerprint density at radius 3 is 2.94 bits per heavy atom. The van der Waals surface area contributed by atoms with E-state index in [0.717, 1.165) is 24.8 Å². The fourth-order valence-corrected chi connectivity index (χ4v) is 4.17. The molecule has 1 amide bonds. The molecule has 2 aliphatic rings. The first-order valence-corrected chi connectivity index (χ1v) is 7.25. The topological polar surface area (TPSA) is 42.0 Å². The van der Waals surface area contributed by atoms with Crippen LogP contribution in [0, 0.1) is 16.7 Å². The smallest absolute Gasteiger partial charge is 0.236 e. The first kappa shape index (κ1) is 11.9. The Morgan fingerprint density at radius 1 is 1.61 bits per heavy atom. The summed E-state index contributed by atoms with van der Waals surface area (Å²) in [7, 11) is 0. The molecule has 18 heavy (non-hydrogen) atoms. The first-order valence-electron chi connectivity index (χ1n) is 6.37. The zero-order chi connectivity index (χ0) is 13.0. The van der Waals surface area contributed by atoms with Gasteiger partial charge in [0.15, 0.2) is 5.13 Å². The van der Waals surface area contributed by atoms with Crippen molar-refractivity contribution in [3.63, 3.8) is 0 Å². The molecule has 3 rings (SSSR count). The number of anilines is 1. The normalized spacial score (nSPS) is 32.8. The van der Waals surface area contributed by atoms with Crippen LogP contribution < -0.4 is 5.32 Å². The van der Waals surface area contributed by atoms with Gasteiger partial charge < -0.3 is 5.32 Å². The van der Waals surface area contributed by atoms with E-state index in [1.54, 1.807) is 6.20 Å². The van der Waals surface area contributed by atoms with Crippen LogP contribution in [0.1, 0.15) is 33.1 Å². The Labute approximate surface area is 111 Å². The molecule has 1 heterocycles. The maximum atomic E-state index is 12.6. The molecule has 1 aromatic rings. The van der Waals surface area contributed by atoms with Crippen LogP contribution in [0.4, 0.5) is 5.13 Å². The third kappa shape index (κ3) is 1.41. The number of amides is 1. The van der Waals surface area contributed by atoms with Crippen molar-refractivity contribution >= 4 is 22.4 Å². The van der Waals surface area contributed by atoms with Crippen LogP contribution in [-0.4, -0.2) is 10.9 Å². The zero-order valence-electron chi connectivity index (χ0n) is 10.8. The Bertz CT molecular complexity index is 506. The molecule has 1 N–H and O–H groups in total. The van der Waals surface area contributed by atoms with E-state index in [-0.39, 0.29) is 16.7 Å². The summed E-state index contributed by atoms with van der Waals surface area (Å²) < 4.78 is 0. The van der Waals surface area contributed by atoms with Crippen LogP contribution >= 0.6 is 11.3 Å². The molecule has 3 nitrogen and oxygen atoms in total. The van der Waals surface area contributed by atoms with E-state index in [9.17, 15) is 4.79 Å². The summed E-state index contributed by atoms with van der Waals surface area (Å²) in [5.41, 5.74) is 0.860. The molecule has 0 saturated heterocycles. The molecule has 0 aliphatic heterocycles. The molecule has 0 unspecified atom stereocenters. The predicted octanol–water partition coefficient (Wildman–Crippen LogP) is 3.46. The minimum Gasteiger partial charge on any atom is -0.301 e. The standard InChI is InChI=1S/C14H18N2OS/c1-9-13(2,3)10-4-5-14(9,8-10)11(17)16-12-15-6-7-18-12/h6-7,10H,1,4-5,8H2,2-3H3,(H,15,16,17)/t10-,14-/m0/s1. The summed E-state index contributed by atoms with van der Waals surface area (Å²) in [6.07, 6.45) is 4.74. The van der Waals surface area contributed by atoms with Crippen LogP contribution in [0.2, 0.25) is 0 Å². The number of aromatic nitrogens is 1. The highest BCUT2D eigenvalue weighted by molar-refractivity contribution is 7.13. The van der Waals surface area contributed by atoms with Gasteiger partial charge in [-0.2, -0.15) is 0 Å². The molecule has 4 heteroatoms. The molecular formula is C14H18N2OS. The van der Waals surface area contributed by atoms with Gasteiger partial charge in [0.1, 0.15) is 0 Å². The Morgan fingerprint density at radius 2 is 2.39 bits per heavy atom. The minimum atomic E-state index is -0.347. The number of carbonyl (C=O) groups excluding carboxylic acids is 1. The molecule has 0 spiro atoms. The maximum Gasteiger partial charge on any atom is 0.236 e. The van der Waals surface area contributed by atoms with Crippen molar-refractivity contribution in [2.45, 2.75) is 33.1 Å². The third-order valence-corrected chi connectivity index (χ3v) is 5.67. The summed E-state index contributed by atoms with van der Waals surface area (Å²) in [5.74, 6) is 0.697. The summed E-state index contributed by atoms with van der Waals surface area (Å²) in [6.45, 7) is 8.67. The lowest BCUT2D eigenvalue weighted by Gasteiger charge is -2.36. The van der Waals surface area contributed by atoms with Crippen LogP contribution in [0.3, 0.4) is 0 Å². The van der Waals surface area contributed by atoms with Gasteiger partial charge in [-0.05, 0) is 30.6 Å². The van der Waals surface area contributed by atoms with Crippen LogP contribution in [0.25, 0.3) is 0 Å². The fourth-order valence-electron chi connectivity index (χ4n) is 3.64. The van der Waals surface area contributed by atoms with E-state index in [4.69, 9.17) is 0 Å². The van der Waals surface area contributed by atoms with E-state index >= 15 is 0 Å². The van der Waals surface area contributed by atoms with E-state index in [1.165, 1.54) is 11.3 Å². The SMILES string of the molecule is C=C1C(C)(C)[C@H]2CC[C@]1(C(=O)Nc1nccs1)C2. The zero-order valence-corrected chi connectivity index (χ0v) is 11.6. The van der Waals surface area contributed by atoms with Crippen molar-refractivity contribution in [1.82, 2.24) is 4.98 Å². The summed E-state index contributed by atoms with van der Waals surface area (Å²) in [6, 6.07) is 0. The van der Waals surface area contributed by atoms with Crippen molar-refractivity contribution in [1.29, 1.82) is 0 Å². The van der Waals surface area contributed by atoms with Gasteiger partial charge in [-0.15, -0.1) is 11.3 Å². The molecule has 0 radical (unpaired) electrons. The first-order chi connectivity index (χ1) is 8.47. The number of rotatable bonds is 2. The van der Waals surface area contributed by atoms with Gasteiger partial charge in [0, 0.05) is 11.6 Å². The lowest BCUT2D eigenvalue weighted by Crippen LogP contribution is -2.37. The van der Waals surface area contributed by atoms with Crippen molar-refractivity contribution in [2.75, 3.05) is 5.32 Å². The lowest BCUT2D eigenvalue weighted by molar-refractivity contribution is -0.123. The van der Waals surface area contributed by atoms with Gasteiger partial charge in [-0.3, -0.25) is 4.79 Å². The molecule has 2 aliphatic carbocycles. The average Bonchev–Trinajstić information content (AvgIpc) is 2.98. The number of thiazole rings is 1. The largest absolute Gasteiger partial charge is 0.301 e. The fraction of sp³-hybridized carbons (Fsp3) is 0.571. The van der Waals surface area contributed by atoms with Crippen molar-refractivity contribution in [3.05, 3.63) is 23.7 Å². The van der Waals surface area contributed by atoms with Crippen molar-refractivity contribution in [2.24, 2.45) is 16.7 Å². The summed E-state index contributed by atoms with van der Waals surface area (Å²) in [4.78, 5) is 16.7. The number of fused-ring (bicyclic) bond motifs is 2. The van der Waals surface area contributed by atoms with E-state index in [2.05, 4.69) is 30.7 Å². The average molecular weight is 262 g/mol. The van der Waals surface area contributed by atoms with Crippen LogP contribution in [0.5, 0.6) is 0 Å². The molecule has 2 saturated carbocycles. The number of nitrogens with one attached hydrogen (secondary N) is 1. The van der Waals surface area contributed by atoms with E-state index in [0.29, 0.717) is 11.0 Å². The minimum absolute atomic E-state index is 0.0931. The maximum absolute atomic E-state index is 12.6. The number of hydrogen-bond donors (Lipinski definition) is 1. The van der Waals surface area contributed by atoms with Crippen LogP contribution in [-0.2, 0) is 4.79 Å². The number of carbonyl (C=O) groups is 1. The highest BCUT2D eigenvalue weighted by Crippen LogP contribution is 2.65. The predicted molar refractivity (Wildman–Crippen MR) is 73.4 cm³/mol. The Kier molecular flexibility index (Phi) is 2.43. The summed E-state index contributed by atoms with van der Waals surface area (Å²) in [5, 5.41) is 5.52. The monoisotopic (exact) mass is 262 g/mol. The lowest BCUT2D eigenvalue weighted by atomic mass is 9.68. The summed E-state index contributed by atoms with van der Waals surface area (Å²) >= 11 is 1.46. The second-order valence-electron chi connectivity index (χ2n) is 6.01. The number of nitrogens with zero attached hydrogens (tertiary/aromatic N) is 1. The molecule has 2 bridgehead atoms. The molecule has 2 atom stereocenters. The Balaban J connectivity index is 1.88. The number of hydrogen-bond acceptors (Lipinski definition) is 3.